The Bertz CT molecular complexity index is 1020. The number of fused-ring (bicyclic) bond motifs is 1. The van der Waals surface area contributed by atoms with Crippen LogP contribution in [0.3, 0.4) is 0 Å². The quantitative estimate of drug-likeness (QED) is 0.626. The zero-order valence-corrected chi connectivity index (χ0v) is 16.7. The van der Waals surface area contributed by atoms with Crippen molar-refractivity contribution in [3.63, 3.8) is 0 Å². The van der Waals surface area contributed by atoms with Gasteiger partial charge in [-0.1, -0.05) is 17.7 Å². The lowest BCUT2D eigenvalue weighted by molar-refractivity contribution is -0.120. The third-order valence-electron chi connectivity index (χ3n) is 5.51. The van der Waals surface area contributed by atoms with E-state index in [2.05, 4.69) is 16.5 Å². The molecule has 6 heteroatoms. The molecule has 1 heterocycles. The Labute approximate surface area is 169 Å². The highest BCUT2D eigenvalue weighted by Crippen LogP contribution is 2.50. The van der Waals surface area contributed by atoms with Gasteiger partial charge in [0, 0.05) is 34.1 Å². The molecule has 1 aromatic heterocycles. The molecule has 2 N–H and O–H groups in total. The van der Waals surface area contributed by atoms with Crippen molar-refractivity contribution in [2.45, 2.75) is 24.7 Å². The van der Waals surface area contributed by atoms with Crippen LogP contribution >= 0.6 is 11.6 Å². The first-order chi connectivity index (χ1) is 13.5. The summed E-state index contributed by atoms with van der Waals surface area (Å²) in [6.07, 6.45) is 4.47. The first kappa shape index (κ1) is 18.7. The van der Waals surface area contributed by atoms with E-state index in [-0.39, 0.29) is 11.3 Å². The summed E-state index contributed by atoms with van der Waals surface area (Å²) >= 11 is 6.18. The molecule has 0 bridgehead atoms. The maximum absolute atomic E-state index is 12.5. The fraction of sp³-hybridized carbons (Fsp3) is 0.318. The molecule has 0 radical (unpaired) electrons. The predicted octanol–water partition coefficient (Wildman–Crippen LogP) is 4.23. The molecule has 0 unspecified atom stereocenters. The molecule has 1 aliphatic carbocycles. The standard InChI is InChI=1S/C22H23ClN2O3/c1-27-19-6-3-14(9-20(19)28-2)10-21(26)25-13-22(7-8-22)17-12-24-18-5-4-15(23)11-16(17)18/h3-6,9,11-12,24H,7-8,10,13H2,1-2H3,(H,25,26). The molecule has 0 spiro atoms. The molecular weight excluding hydrogens is 376 g/mol. The van der Waals surface area contributed by atoms with Crippen molar-refractivity contribution in [1.82, 2.24) is 10.3 Å². The maximum atomic E-state index is 12.5. The van der Waals surface area contributed by atoms with Crippen LogP contribution in [-0.2, 0) is 16.6 Å². The number of aromatic amines is 1. The van der Waals surface area contributed by atoms with Gasteiger partial charge in [0.15, 0.2) is 11.5 Å². The van der Waals surface area contributed by atoms with E-state index in [0.717, 1.165) is 34.3 Å². The Kier molecular flexibility index (Phi) is 4.94. The summed E-state index contributed by atoms with van der Waals surface area (Å²) in [5.74, 6) is 1.28. The number of ether oxygens (including phenoxy) is 2. The molecule has 0 aliphatic heterocycles. The van der Waals surface area contributed by atoms with Crippen LogP contribution in [0.4, 0.5) is 0 Å². The number of aromatic nitrogens is 1. The van der Waals surface area contributed by atoms with Gasteiger partial charge < -0.3 is 19.8 Å². The van der Waals surface area contributed by atoms with Crippen molar-refractivity contribution in [1.29, 1.82) is 0 Å². The van der Waals surface area contributed by atoms with Crippen molar-refractivity contribution in [2.24, 2.45) is 0 Å². The van der Waals surface area contributed by atoms with Crippen molar-refractivity contribution in [2.75, 3.05) is 20.8 Å². The monoisotopic (exact) mass is 398 g/mol. The van der Waals surface area contributed by atoms with Gasteiger partial charge in [0.05, 0.1) is 20.6 Å². The highest BCUT2D eigenvalue weighted by Gasteiger charge is 2.45. The van der Waals surface area contributed by atoms with Gasteiger partial charge in [-0.2, -0.15) is 0 Å². The van der Waals surface area contributed by atoms with Gasteiger partial charge in [0.1, 0.15) is 0 Å². The smallest absolute Gasteiger partial charge is 0.224 e. The minimum Gasteiger partial charge on any atom is -0.493 e. The summed E-state index contributed by atoms with van der Waals surface area (Å²) in [5.41, 5.74) is 3.19. The molecule has 2 aromatic carbocycles. The van der Waals surface area contributed by atoms with E-state index in [1.807, 2.05) is 36.4 Å². The second-order valence-electron chi connectivity index (χ2n) is 7.32. The molecule has 3 aromatic rings. The molecule has 4 rings (SSSR count). The first-order valence-corrected chi connectivity index (χ1v) is 9.67. The lowest BCUT2D eigenvalue weighted by atomic mass is 9.95. The second-order valence-corrected chi connectivity index (χ2v) is 7.75. The van der Waals surface area contributed by atoms with Crippen LogP contribution in [-0.4, -0.2) is 31.7 Å². The molecule has 1 fully saturated rings. The molecule has 1 saturated carbocycles. The van der Waals surface area contributed by atoms with Crippen molar-refractivity contribution >= 4 is 28.4 Å². The summed E-state index contributed by atoms with van der Waals surface area (Å²) in [5, 5.41) is 4.97. The number of hydrogen-bond acceptors (Lipinski definition) is 3. The van der Waals surface area contributed by atoms with Crippen LogP contribution in [0.2, 0.25) is 5.02 Å². The number of amides is 1. The first-order valence-electron chi connectivity index (χ1n) is 9.29. The number of nitrogens with one attached hydrogen (secondary N) is 2. The van der Waals surface area contributed by atoms with Gasteiger partial charge >= 0.3 is 0 Å². The molecule has 1 aliphatic rings. The number of methoxy groups -OCH3 is 2. The largest absolute Gasteiger partial charge is 0.493 e. The van der Waals surface area contributed by atoms with Crippen LogP contribution < -0.4 is 14.8 Å². The summed E-state index contributed by atoms with van der Waals surface area (Å²) < 4.78 is 10.6. The van der Waals surface area contributed by atoms with Crippen molar-refractivity contribution in [3.05, 3.63) is 58.7 Å². The van der Waals surface area contributed by atoms with E-state index in [0.29, 0.717) is 24.5 Å². The van der Waals surface area contributed by atoms with E-state index in [1.165, 1.54) is 5.56 Å². The summed E-state index contributed by atoms with van der Waals surface area (Å²) in [7, 11) is 3.18. The Morgan fingerprint density at radius 2 is 1.93 bits per heavy atom. The fourth-order valence-corrected chi connectivity index (χ4v) is 3.90. The number of benzene rings is 2. The van der Waals surface area contributed by atoms with E-state index >= 15 is 0 Å². The van der Waals surface area contributed by atoms with Gasteiger partial charge in [-0.05, 0) is 54.3 Å². The molecule has 0 atom stereocenters. The van der Waals surface area contributed by atoms with Gasteiger partial charge in [-0.25, -0.2) is 0 Å². The molecule has 1 amide bonds. The molecule has 28 heavy (non-hydrogen) atoms. The lowest BCUT2D eigenvalue weighted by Gasteiger charge is -2.16. The van der Waals surface area contributed by atoms with E-state index in [9.17, 15) is 4.79 Å². The molecular formula is C22H23ClN2O3. The SMILES string of the molecule is COc1ccc(CC(=O)NCC2(c3c[nH]c4ccc(Cl)cc34)CC2)cc1OC. The number of carbonyl (C=O) groups excluding carboxylic acids is 1. The maximum Gasteiger partial charge on any atom is 0.224 e. The lowest BCUT2D eigenvalue weighted by Crippen LogP contribution is -2.33. The average molecular weight is 399 g/mol. The summed E-state index contributed by atoms with van der Waals surface area (Å²) in [6.45, 7) is 0.624. The number of hydrogen-bond donors (Lipinski definition) is 2. The summed E-state index contributed by atoms with van der Waals surface area (Å²) in [4.78, 5) is 15.8. The highest BCUT2D eigenvalue weighted by molar-refractivity contribution is 6.31. The van der Waals surface area contributed by atoms with Crippen LogP contribution in [0, 0.1) is 0 Å². The topological polar surface area (TPSA) is 63.3 Å². The van der Waals surface area contributed by atoms with Crippen LogP contribution in [0.5, 0.6) is 11.5 Å². The fourth-order valence-electron chi connectivity index (χ4n) is 3.73. The number of carbonyl (C=O) groups is 1. The molecule has 146 valence electrons. The van der Waals surface area contributed by atoms with Crippen molar-refractivity contribution < 1.29 is 14.3 Å². The molecule has 0 saturated heterocycles. The van der Waals surface area contributed by atoms with Crippen LogP contribution in [0.1, 0.15) is 24.0 Å². The third kappa shape index (κ3) is 3.54. The minimum atomic E-state index is -0.00378. The number of halogens is 1. The molecule has 5 nitrogen and oxygen atoms in total. The van der Waals surface area contributed by atoms with Crippen LogP contribution in [0.15, 0.2) is 42.6 Å². The second kappa shape index (κ2) is 7.40. The van der Waals surface area contributed by atoms with Crippen molar-refractivity contribution in [3.8, 4) is 11.5 Å². The Hall–Kier alpha value is -2.66. The van der Waals surface area contributed by atoms with E-state index < -0.39 is 0 Å². The minimum absolute atomic E-state index is 0.00336. The Balaban J connectivity index is 1.44. The summed E-state index contributed by atoms with van der Waals surface area (Å²) in [6, 6.07) is 11.4. The zero-order chi connectivity index (χ0) is 19.7. The Morgan fingerprint density at radius 1 is 1.14 bits per heavy atom. The Morgan fingerprint density at radius 3 is 2.64 bits per heavy atom. The van der Waals surface area contributed by atoms with Crippen LogP contribution in [0.25, 0.3) is 10.9 Å². The van der Waals surface area contributed by atoms with Gasteiger partial charge in [-0.3, -0.25) is 4.79 Å². The normalized spacial score (nSPS) is 14.7. The third-order valence-corrected chi connectivity index (χ3v) is 5.74. The number of rotatable bonds is 7. The van der Waals surface area contributed by atoms with Gasteiger partial charge in [0.25, 0.3) is 0 Å². The van der Waals surface area contributed by atoms with E-state index in [4.69, 9.17) is 21.1 Å². The zero-order valence-electron chi connectivity index (χ0n) is 16.0. The number of H-pyrrole nitrogens is 1. The van der Waals surface area contributed by atoms with Gasteiger partial charge in [-0.15, -0.1) is 0 Å². The highest BCUT2D eigenvalue weighted by atomic mass is 35.5. The predicted molar refractivity (Wildman–Crippen MR) is 110 cm³/mol. The average Bonchev–Trinajstić information content (AvgIpc) is 3.37. The van der Waals surface area contributed by atoms with E-state index in [1.54, 1.807) is 14.2 Å². The van der Waals surface area contributed by atoms with Gasteiger partial charge in [0.2, 0.25) is 5.91 Å².